The lowest BCUT2D eigenvalue weighted by molar-refractivity contribution is 0.838. The van der Waals surface area contributed by atoms with Gasteiger partial charge in [0.05, 0.1) is 0 Å². The van der Waals surface area contributed by atoms with Crippen molar-refractivity contribution in [3.63, 3.8) is 0 Å². The maximum absolute atomic E-state index is 6.33. The second-order valence-corrected chi connectivity index (χ2v) is 21.3. The van der Waals surface area contributed by atoms with E-state index in [2.05, 4.69) is 168 Å². The molecule has 0 aliphatic rings. The summed E-state index contributed by atoms with van der Waals surface area (Å²) in [6.45, 7) is 14.1. The zero-order valence-electron chi connectivity index (χ0n) is 25.6. The van der Waals surface area contributed by atoms with E-state index in [0.717, 1.165) is 48.5 Å². The van der Waals surface area contributed by atoms with Crippen LogP contribution in [0, 0.1) is 15.0 Å². The monoisotopic (exact) mass is 866 g/mol. The van der Waals surface area contributed by atoms with Crippen molar-refractivity contribution in [2.24, 2.45) is 0 Å². The van der Waals surface area contributed by atoms with E-state index in [9.17, 15) is 0 Å². The van der Waals surface area contributed by atoms with Crippen LogP contribution in [0.15, 0.2) is 93.9 Å². The van der Waals surface area contributed by atoms with Gasteiger partial charge in [-0.2, -0.15) is 0 Å². The van der Waals surface area contributed by atoms with E-state index in [0.29, 0.717) is 16.6 Å². The Kier molecular flexibility index (Phi) is 14.4. The molecule has 0 radical (unpaired) electrons. The van der Waals surface area contributed by atoms with Crippen LogP contribution in [0.5, 0.6) is 0 Å². The Morgan fingerprint density at radius 1 is 0.628 bits per heavy atom. The van der Waals surface area contributed by atoms with Gasteiger partial charge in [-0.25, -0.2) is 0 Å². The third-order valence-electron chi connectivity index (χ3n) is 7.96. The first kappa shape index (κ1) is 36.4. The topological polar surface area (TPSA) is 0 Å². The fourth-order valence-corrected chi connectivity index (χ4v) is 12.5. The summed E-state index contributed by atoms with van der Waals surface area (Å²) >= 11 is 21.8. The first-order chi connectivity index (χ1) is 20.3. The molecular weight excluding hydrogens is 830 g/mol. The van der Waals surface area contributed by atoms with Crippen LogP contribution in [0.4, 0.5) is 0 Å². The van der Waals surface area contributed by atoms with E-state index in [1.165, 1.54) is 14.7 Å². The molecule has 0 spiro atoms. The molecule has 4 rings (SSSR count). The standard InChI is InChI=1S/C24H30BrClSi.C13H9BrClI/c1-17(2)27(18(3)4,19(5)6)14-13-20-7-9-21(10-8-20)15-22-16-23(25)11-12-24(22)26;14-11-3-6-13(15)10(8-11)7-9-1-4-12(16)5-2-9/h7-12,16-19H,15H2,1-6H3;1-6,8H,7H2. The predicted octanol–water partition coefficient (Wildman–Crippen LogP) is 13.6. The molecule has 0 nitrogen and oxygen atoms in total. The van der Waals surface area contributed by atoms with Gasteiger partial charge in [-0.1, -0.05) is 127 Å². The lowest BCUT2D eigenvalue weighted by atomic mass is 10.0. The number of benzene rings is 4. The van der Waals surface area contributed by atoms with Crippen molar-refractivity contribution in [3.05, 3.63) is 135 Å². The molecule has 43 heavy (non-hydrogen) atoms. The Morgan fingerprint density at radius 2 is 1.02 bits per heavy atom. The average Bonchev–Trinajstić information content (AvgIpc) is 2.95. The summed E-state index contributed by atoms with van der Waals surface area (Å²) in [5.74, 6) is 3.52. The zero-order valence-corrected chi connectivity index (χ0v) is 33.5. The van der Waals surface area contributed by atoms with Crippen LogP contribution in [0.1, 0.15) is 69.4 Å². The fraction of sp³-hybridized carbons (Fsp3) is 0.297. The molecule has 0 N–H and O–H groups in total. The van der Waals surface area contributed by atoms with Gasteiger partial charge >= 0.3 is 0 Å². The molecule has 0 unspecified atom stereocenters. The van der Waals surface area contributed by atoms with Crippen LogP contribution in [0.3, 0.4) is 0 Å². The van der Waals surface area contributed by atoms with Crippen LogP contribution in [0.25, 0.3) is 0 Å². The van der Waals surface area contributed by atoms with Crippen LogP contribution < -0.4 is 0 Å². The van der Waals surface area contributed by atoms with E-state index in [1.54, 1.807) is 0 Å². The van der Waals surface area contributed by atoms with Gasteiger partial charge < -0.3 is 0 Å². The fourth-order valence-electron chi connectivity index (χ4n) is 5.72. The first-order valence-electron chi connectivity index (χ1n) is 14.6. The third-order valence-corrected chi connectivity index (χ3v) is 16.7. The highest BCUT2D eigenvalue weighted by molar-refractivity contribution is 14.1. The quantitative estimate of drug-likeness (QED) is 0.0986. The zero-order chi connectivity index (χ0) is 31.7. The summed E-state index contributed by atoms with van der Waals surface area (Å²) in [6, 6.07) is 29.1. The SMILES string of the molecule is CC(C)[Si](C#Cc1ccc(Cc2cc(Br)ccc2Cl)cc1)(C(C)C)C(C)C.Clc1ccc(Br)cc1Cc1ccc(I)cc1. The van der Waals surface area contributed by atoms with E-state index in [-0.39, 0.29) is 0 Å². The lowest BCUT2D eigenvalue weighted by Crippen LogP contribution is -2.43. The van der Waals surface area contributed by atoms with Gasteiger partial charge in [-0.05, 0) is 135 Å². The molecule has 4 aromatic rings. The first-order valence-corrected chi connectivity index (χ1v) is 20.2. The van der Waals surface area contributed by atoms with Crippen LogP contribution in [-0.4, -0.2) is 8.07 Å². The average molecular weight is 869 g/mol. The maximum Gasteiger partial charge on any atom is 0.146 e. The largest absolute Gasteiger partial charge is 0.146 e. The van der Waals surface area contributed by atoms with E-state index >= 15 is 0 Å². The summed E-state index contributed by atoms with van der Waals surface area (Å²) in [5, 5.41) is 1.63. The molecule has 6 heteroatoms. The second kappa shape index (κ2) is 17.0. The lowest BCUT2D eigenvalue weighted by Gasteiger charge is -2.38. The Morgan fingerprint density at radius 3 is 1.42 bits per heavy atom. The van der Waals surface area contributed by atoms with Crippen molar-refractivity contribution in [1.82, 2.24) is 0 Å². The smallest absolute Gasteiger partial charge is 0.125 e. The maximum atomic E-state index is 6.33. The van der Waals surface area contributed by atoms with Gasteiger partial charge in [0, 0.05) is 28.1 Å². The van der Waals surface area contributed by atoms with E-state index < -0.39 is 8.07 Å². The minimum atomic E-state index is -1.68. The van der Waals surface area contributed by atoms with Crippen molar-refractivity contribution in [1.29, 1.82) is 0 Å². The number of halogens is 5. The van der Waals surface area contributed by atoms with Gasteiger partial charge in [0.15, 0.2) is 0 Å². The highest BCUT2D eigenvalue weighted by Crippen LogP contribution is 2.40. The van der Waals surface area contributed by atoms with E-state index in [1.807, 2.05) is 24.3 Å². The van der Waals surface area contributed by atoms with Crippen molar-refractivity contribution in [2.75, 3.05) is 0 Å². The molecular formula is C37H39Br2Cl2ISi. The summed E-state index contributed by atoms with van der Waals surface area (Å²) < 4.78 is 3.38. The molecule has 0 aliphatic heterocycles. The van der Waals surface area contributed by atoms with Crippen molar-refractivity contribution in [2.45, 2.75) is 71.0 Å². The van der Waals surface area contributed by atoms with Crippen molar-refractivity contribution >= 4 is 85.7 Å². The number of rotatable bonds is 7. The highest BCUT2D eigenvalue weighted by atomic mass is 127. The Balaban J connectivity index is 0.000000268. The summed E-state index contributed by atoms with van der Waals surface area (Å²) in [5.41, 5.74) is 11.7. The molecule has 0 aliphatic carbocycles. The van der Waals surface area contributed by atoms with Crippen LogP contribution in [-0.2, 0) is 12.8 Å². The molecule has 0 atom stereocenters. The molecule has 0 heterocycles. The summed E-state index contributed by atoms with van der Waals surface area (Å²) in [4.78, 5) is 0. The minimum Gasteiger partial charge on any atom is -0.125 e. The van der Waals surface area contributed by atoms with Gasteiger partial charge in [0.25, 0.3) is 0 Å². The van der Waals surface area contributed by atoms with Crippen molar-refractivity contribution in [3.8, 4) is 11.5 Å². The molecule has 0 saturated carbocycles. The Labute approximate surface area is 300 Å². The molecule has 0 amide bonds. The number of hydrogen-bond acceptors (Lipinski definition) is 0. The van der Waals surface area contributed by atoms with E-state index in [4.69, 9.17) is 23.2 Å². The molecule has 0 saturated heterocycles. The van der Waals surface area contributed by atoms with Gasteiger partial charge in [0.1, 0.15) is 8.07 Å². The van der Waals surface area contributed by atoms with Crippen LogP contribution >= 0.6 is 77.7 Å². The van der Waals surface area contributed by atoms with Gasteiger partial charge in [0.2, 0.25) is 0 Å². The highest BCUT2D eigenvalue weighted by Gasteiger charge is 2.41. The van der Waals surface area contributed by atoms with Gasteiger partial charge in [-0.3, -0.25) is 0 Å². The Bertz CT molecular complexity index is 1530. The normalized spacial score (nSPS) is 11.3. The van der Waals surface area contributed by atoms with Crippen LogP contribution in [0.2, 0.25) is 26.7 Å². The molecule has 0 fully saturated rings. The second-order valence-electron chi connectivity index (χ2n) is 11.8. The summed E-state index contributed by atoms with van der Waals surface area (Å²) in [7, 11) is -1.68. The molecule has 0 bridgehead atoms. The minimum absolute atomic E-state index is 0.656. The van der Waals surface area contributed by atoms with Gasteiger partial charge in [-0.15, -0.1) is 5.54 Å². The third kappa shape index (κ3) is 10.5. The predicted molar refractivity (Wildman–Crippen MR) is 207 cm³/mol. The molecule has 226 valence electrons. The van der Waals surface area contributed by atoms with Crippen molar-refractivity contribution < 1.29 is 0 Å². The summed E-state index contributed by atoms with van der Waals surface area (Å²) in [6.07, 6.45) is 1.70. The number of hydrogen-bond donors (Lipinski definition) is 0. The molecule has 0 aromatic heterocycles. The Hall–Kier alpha value is -1.07. The molecule has 4 aromatic carbocycles.